The molecule has 0 spiro atoms. The smallest absolute Gasteiger partial charge is 0.248 e. The Bertz CT molecular complexity index is 1060. The van der Waals surface area contributed by atoms with E-state index in [2.05, 4.69) is 10.3 Å². The number of amides is 1. The third-order valence-electron chi connectivity index (χ3n) is 5.19. The number of hydrogen-bond donors (Lipinski definition) is 4. The van der Waals surface area contributed by atoms with Crippen molar-refractivity contribution in [3.8, 4) is 5.75 Å². The van der Waals surface area contributed by atoms with Crippen LogP contribution >= 0.6 is 0 Å². The zero-order chi connectivity index (χ0) is 21.5. The molecule has 0 saturated carbocycles. The van der Waals surface area contributed by atoms with Gasteiger partial charge >= 0.3 is 0 Å². The molecule has 0 bridgehead atoms. The van der Waals surface area contributed by atoms with Crippen LogP contribution in [0, 0.1) is 6.92 Å². The van der Waals surface area contributed by atoms with Crippen molar-refractivity contribution >= 4 is 17.3 Å². The molecule has 3 aromatic rings. The van der Waals surface area contributed by atoms with Gasteiger partial charge in [0.05, 0.1) is 11.6 Å². The first kappa shape index (κ1) is 21.5. The van der Waals surface area contributed by atoms with Crippen LogP contribution in [0.25, 0.3) is 10.9 Å². The summed E-state index contributed by atoms with van der Waals surface area (Å²) in [4.78, 5) is 27.2. The van der Waals surface area contributed by atoms with Crippen molar-refractivity contribution in [3.63, 3.8) is 0 Å². The largest absolute Gasteiger partial charge is 0.506 e. The van der Waals surface area contributed by atoms with Crippen molar-refractivity contribution in [3.05, 3.63) is 75.6 Å². The van der Waals surface area contributed by atoms with Crippen LogP contribution in [0.15, 0.2) is 53.3 Å². The fraction of sp³-hybridized carbons (Fsp3) is 0.304. The Morgan fingerprint density at radius 1 is 1.17 bits per heavy atom. The second-order valence-corrected chi connectivity index (χ2v) is 7.36. The van der Waals surface area contributed by atoms with E-state index in [0.29, 0.717) is 42.6 Å². The van der Waals surface area contributed by atoms with Crippen molar-refractivity contribution < 1.29 is 15.0 Å². The number of carbonyl (C=O) groups excluding carboxylic acids is 1. The highest BCUT2D eigenvalue weighted by Gasteiger charge is 2.14. The van der Waals surface area contributed by atoms with Crippen LogP contribution in [0.4, 0.5) is 0 Å². The summed E-state index contributed by atoms with van der Waals surface area (Å²) in [7, 11) is 0. The van der Waals surface area contributed by atoms with E-state index in [-0.39, 0.29) is 11.3 Å². The van der Waals surface area contributed by atoms with Gasteiger partial charge in [0.1, 0.15) is 5.75 Å². The van der Waals surface area contributed by atoms with E-state index in [1.54, 1.807) is 17.0 Å². The van der Waals surface area contributed by atoms with Crippen molar-refractivity contribution in [2.75, 3.05) is 19.6 Å². The third kappa shape index (κ3) is 5.25. The third-order valence-corrected chi connectivity index (χ3v) is 5.19. The van der Waals surface area contributed by atoms with E-state index in [1.165, 1.54) is 12.1 Å². The first-order chi connectivity index (χ1) is 14.5. The summed E-state index contributed by atoms with van der Waals surface area (Å²) in [5.41, 5.74) is 2.92. The lowest BCUT2D eigenvalue weighted by Gasteiger charge is -2.19. The number of benzene rings is 2. The number of hydrogen-bond acceptors (Lipinski definition) is 5. The summed E-state index contributed by atoms with van der Waals surface area (Å²) in [5, 5.41) is 24.3. The average Bonchev–Trinajstić information content (AvgIpc) is 2.74. The molecule has 2 aromatic carbocycles. The van der Waals surface area contributed by atoms with Crippen molar-refractivity contribution in [2.45, 2.75) is 26.0 Å². The average molecular weight is 409 g/mol. The Morgan fingerprint density at radius 3 is 2.73 bits per heavy atom. The topological polar surface area (TPSA) is 106 Å². The standard InChI is InChI=1S/C23H27N3O4/c1-16-5-2-3-6-17(16)14-26(15-27)12-4-11-24-13-21(29)18-7-9-20(28)23-19(18)8-10-22(30)25-23/h2-3,5-10,15,21,24,28-29H,4,11-14H2,1H3,(H,25,30). The number of aryl methyl sites for hydroxylation is 1. The number of aliphatic hydroxyl groups excluding tert-OH is 1. The molecule has 1 aromatic heterocycles. The fourth-order valence-electron chi connectivity index (χ4n) is 3.48. The van der Waals surface area contributed by atoms with Gasteiger partial charge < -0.3 is 25.4 Å². The van der Waals surface area contributed by atoms with Gasteiger partial charge in [-0.1, -0.05) is 30.3 Å². The van der Waals surface area contributed by atoms with E-state index in [0.717, 1.165) is 24.0 Å². The lowest BCUT2D eigenvalue weighted by atomic mass is 10.0. The number of nitrogens with one attached hydrogen (secondary N) is 2. The summed E-state index contributed by atoms with van der Waals surface area (Å²) in [6.45, 7) is 4.19. The van der Waals surface area contributed by atoms with E-state index in [1.807, 2.05) is 31.2 Å². The van der Waals surface area contributed by atoms with Gasteiger partial charge in [-0.15, -0.1) is 0 Å². The van der Waals surface area contributed by atoms with E-state index in [4.69, 9.17) is 0 Å². The summed E-state index contributed by atoms with van der Waals surface area (Å²) in [6, 6.07) is 14.1. The number of fused-ring (bicyclic) bond motifs is 1. The van der Waals surface area contributed by atoms with Crippen LogP contribution in [-0.4, -0.2) is 46.1 Å². The number of aromatic nitrogens is 1. The maximum absolute atomic E-state index is 11.5. The second kappa shape index (κ2) is 10.0. The Kier molecular flexibility index (Phi) is 7.21. The summed E-state index contributed by atoms with van der Waals surface area (Å²) >= 11 is 0. The molecule has 0 fully saturated rings. The van der Waals surface area contributed by atoms with Crippen LogP contribution in [0.2, 0.25) is 0 Å². The normalized spacial score (nSPS) is 12.1. The van der Waals surface area contributed by atoms with Gasteiger partial charge in [-0.25, -0.2) is 0 Å². The predicted octanol–water partition coefficient (Wildman–Crippen LogP) is 2.21. The molecule has 1 unspecified atom stereocenters. The Hall–Kier alpha value is -3.16. The predicted molar refractivity (Wildman–Crippen MR) is 116 cm³/mol. The number of H-pyrrole nitrogens is 1. The van der Waals surface area contributed by atoms with E-state index >= 15 is 0 Å². The second-order valence-electron chi connectivity index (χ2n) is 7.36. The van der Waals surface area contributed by atoms with Crippen LogP contribution in [-0.2, 0) is 11.3 Å². The number of nitrogens with zero attached hydrogens (tertiary/aromatic N) is 1. The highest BCUT2D eigenvalue weighted by Crippen LogP contribution is 2.28. The Labute approximate surface area is 175 Å². The van der Waals surface area contributed by atoms with Gasteiger partial charge in [0.15, 0.2) is 0 Å². The van der Waals surface area contributed by atoms with Crippen molar-refractivity contribution in [1.82, 2.24) is 15.2 Å². The Morgan fingerprint density at radius 2 is 1.97 bits per heavy atom. The number of aromatic hydroxyl groups is 1. The number of rotatable bonds is 10. The number of carbonyl (C=O) groups is 1. The van der Waals surface area contributed by atoms with Crippen molar-refractivity contribution in [2.24, 2.45) is 0 Å². The van der Waals surface area contributed by atoms with Crippen LogP contribution in [0.5, 0.6) is 5.75 Å². The lowest BCUT2D eigenvalue weighted by Crippen LogP contribution is -2.28. The quantitative estimate of drug-likeness (QED) is 0.304. The number of phenols is 1. The summed E-state index contributed by atoms with van der Waals surface area (Å²) in [5.74, 6) is -0.0331. The van der Waals surface area contributed by atoms with Crippen molar-refractivity contribution in [1.29, 1.82) is 0 Å². The molecule has 1 atom stereocenters. The van der Waals surface area contributed by atoms with E-state index < -0.39 is 6.10 Å². The molecule has 4 N–H and O–H groups in total. The monoisotopic (exact) mass is 409 g/mol. The lowest BCUT2D eigenvalue weighted by molar-refractivity contribution is -0.118. The highest BCUT2D eigenvalue weighted by molar-refractivity contribution is 5.87. The molecule has 0 aliphatic heterocycles. The molecule has 1 heterocycles. The van der Waals surface area contributed by atoms with Gasteiger partial charge in [0, 0.05) is 31.1 Å². The van der Waals surface area contributed by atoms with Crippen LogP contribution in [0.3, 0.4) is 0 Å². The molecule has 1 amide bonds. The SMILES string of the molecule is Cc1ccccc1CN(C=O)CCCNCC(O)c1ccc(O)c2[nH]c(=O)ccc12. The first-order valence-electron chi connectivity index (χ1n) is 9.97. The molecular weight excluding hydrogens is 382 g/mol. The summed E-state index contributed by atoms with van der Waals surface area (Å²) in [6.07, 6.45) is 0.819. The zero-order valence-corrected chi connectivity index (χ0v) is 17.0. The minimum Gasteiger partial charge on any atom is -0.506 e. The fourth-order valence-corrected chi connectivity index (χ4v) is 3.48. The molecule has 3 rings (SSSR count). The molecule has 0 aliphatic rings. The van der Waals surface area contributed by atoms with Gasteiger partial charge in [0.2, 0.25) is 12.0 Å². The molecule has 0 aliphatic carbocycles. The number of phenolic OH excluding ortho intramolecular Hbond substituents is 1. The van der Waals surface area contributed by atoms with Gasteiger partial charge in [-0.2, -0.15) is 0 Å². The Balaban J connectivity index is 1.50. The molecule has 158 valence electrons. The van der Waals surface area contributed by atoms with E-state index in [9.17, 15) is 19.8 Å². The van der Waals surface area contributed by atoms with Gasteiger partial charge in [-0.3, -0.25) is 9.59 Å². The van der Waals surface area contributed by atoms with Crippen LogP contribution < -0.4 is 10.9 Å². The minimum atomic E-state index is -0.798. The highest BCUT2D eigenvalue weighted by atomic mass is 16.3. The number of aliphatic hydroxyl groups is 1. The number of pyridine rings is 1. The first-order valence-corrected chi connectivity index (χ1v) is 9.97. The molecule has 7 nitrogen and oxygen atoms in total. The molecular formula is C23H27N3O4. The maximum Gasteiger partial charge on any atom is 0.248 e. The minimum absolute atomic E-state index is 0.0331. The molecule has 7 heteroatoms. The summed E-state index contributed by atoms with van der Waals surface area (Å²) < 4.78 is 0. The van der Waals surface area contributed by atoms with Crippen LogP contribution in [0.1, 0.15) is 29.2 Å². The molecule has 0 radical (unpaired) electrons. The maximum atomic E-state index is 11.5. The molecule has 30 heavy (non-hydrogen) atoms. The van der Waals surface area contributed by atoms with Gasteiger partial charge in [-0.05, 0) is 48.7 Å². The van der Waals surface area contributed by atoms with Gasteiger partial charge in [0.25, 0.3) is 0 Å². The molecule has 0 saturated heterocycles. The number of aromatic amines is 1. The zero-order valence-electron chi connectivity index (χ0n) is 17.0.